The molecule has 1 saturated heterocycles. The van der Waals surface area contributed by atoms with Crippen LogP contribution in [-0.2, 0) is 17.6 Å². The van der Waals surface area contributed by atoms with Crippen LogP contribution in [0.4, 0.5) is 17.5 Å². The lowest BCUT2D eigenvalue weighted by Gasteiger charge is -2.26. The van der Waals surface area contributed by atoms with Crippen LogP contribution in [0.2, 0.25) is 0 Å². The summed E-state index contributed by atoms with van der Waals surface area (Å²) in [5.41, 5.74) is 3.98. The number of nitrogens with zero attached hydrogens (tertiary/aromatic N) is 4. The van der Waals surface area contributed by atoms with Crippen molar-refractivity contribution in [3.8, 4) is 0 Å². The van der Waals surface area contributed by atoms with Crippen LogP contribution in [0.25, 0.3) is 0 Å². The third-order valence-electron chi connectivity index (χ3n) is 5.49. The van der Waals surface area contributed by atoms with Gasteiger partial charge in [-0.15, -0.1) is 0 Å². The van der Waals surface area contributed by atoms with Crippen LogP contribution >= 0.6 is 0 Å². The van der Waals surface area contributed by atoms with Crippen molar-refractivity contribution in [2.45, 2.75) is 39.0 Å². The summed E-state index contributed by atoms with van der Waals surface area (Å²) in [6.45, 7) is 4.51. The molecule has 1 fully saturated rings. The van der Waals surface area contributed by atoms with E-state index in [9.17, 15) is 4.79 Å². The highest BCUT2D eigenvalue weighted by molar-refractivity contribution is 5.79. The van der Waals surface area contributed by atoms with Crippen molar-refractivity contribution in [1.82, 2.24) is 24.8 Å². The van der Waals surface area contributed by atoms with E-state index in [-0.39, 0.29) is 5.91 Å². The predicted octanol–water partition coefficient (Wildman–Crippen LogP) is 3.46. The van der Waals surface area contributed by atoms with E-state index in [0.717, 1.165) is 67.2 Å². The van der Waals surface area contributed by atoms with Gasteiger partial charge in [0, 0.05) is 55.4 Å². The highest BCUT2D eigenvalue weighted by Gasteiger charge is 2.16. The summed E-state index contributed by atoms with van der Waals surface area (Å²) < 4.78 is 0. The minimum absolute atomic E-state index is 0.216. The fraction of sp³-hybridized carbons (Fsp3) is 0.391. The average molecular weight is 420 g/mol. The summed E-state index contributed by atoms with van der Waals surface area (Å²) in [4.78, 5) is 30.5. The number of H-pyrrole nitrogens is 1. The van der Waals surface area contributed by atoms with Crippen molar-refractivity contribution < 1.29 is 4.79 Å². The van der Waals surface area contributed by atoms with Gasteiger partial charge in [-0.1, -0.05) is 12.1 Å². The first-order valence-corrected chi connectivity index (χ1v) is 10.9. The van der Waals surface area contributed by atoms with E-state index in [4.69, 9.17) is 0 Å². The number of carbonyl (C=O) groups excluding carboxylic acids is 1. The molecular formula is C23H29N7O. The Morgan fingerprint density at radius 1 is 1.13 bits per heavy atom. The fourth-order valence-electron chi connectivity index (χ4n) is 3.68. The summed E-state index contributed by atoms with van der Waals surface area (Å²) in [5, 5.41) is 6.60. The molecule has 8 nitrogen and oxygen atoms in total. The van der Waals surface area contributed by atoms with E-state index in [1.165, 1.54) is 6.42 Å². The number of amides is 1. The third-order valence-corrected chi connectivity index (χ3v) is 5.49. The first-order chi connectivity index (χ1) is 15.2. The molecule has 1 aromatic carbocycles. The van der Waals surface area contributed by atoms with E-state index in [1.54, 1.807) is 12.5 Å². The number of aryl methyl sites for hydroxylation is 1. The van der Waals surface area contributed by atoms with Crippen molar-refractivity contribution in [2.75, 3.05) is 30.3 Å². The van der Waals surface area contributed by atoms with Gasteiger partial charge >= 0.3 is 0 Å². The Hall–Kier alpha value is -3.42. The van der Waals surface area contributed by atoms with Gasteiger partial charge in [-0.05, 0) is 43.9 Å². The topological polar surface area (TPSA) is 98.8 Å². The molecule has 162 valence electrons. The Morgan fingerprint density at radius 3 is 2.68 bits per heavy atom. The van der Waals surface area contributed by atoms with Crippen molar-refractivity contribution in [3.63, 3.8) is 0 Å². The first kappa shape index (κ1) is 20.8. The van der Waals surface area contributed by atoms with Gasteiger partial charge < -0.3 is 20.5 Å². The molecule has 1 amide bonds. The maximum Gasteiger partial charge on any atom is 0.229 e. The Balaban J connectivity index is 1.32. The summed E-state index contributed by atoms with van der Waals surface area (Å²) in [7, 11) is 0. The second kappa shape index (κ2) is 10.1. The van der Waals surface area contributed by atoms with E-state index in [2.05, 4.69) is 30.6 Å². The SMILES string of the molecule is Cc1cnc(Nc2ccc(CC(=O)N3CCCCC3)cc2)nc1NCCc1cnc[nH]1. The quantitative estimate of drug-likeness (QED) is 0.517. The molecule has 31 heavy (non-hydrogen) atoms. The summed E-state index contributed by atoms with van der Waals surface area (Å²) >= 11 is 0. The number of rotatable bonds is 8. The summed E-state index contributed by atoms with van der Waals surface area (Å²) in [6.07, 6.45) is 10.1. The molecule has 8 heteroatoms. The van der Waals surface area contributed by atoms with Crippen LogP contribution in [0.1, 0.15) is 36.1 Å². The number of hydrogen-bond donors (Lipinski definition) is 3. The van der Waals surface area contributed by atoms with Crippen molar-refractivity contribution in [2.24, 2.45) is 0 Å². The Morgan fingerprint density at radius 2 is 1.94 bits per heavy atom. The van der Waals surface area contributed by atoms with Crippen LogP contribution < -0.4 is 10.6 Å². The molecule has 1 aliphatic heterocycles. The van der Waals surface area contributed by atoms with Crippen LogP contribution in [-0.4, -0.2) is 50.4 Å². The molecule has 0 saturated carbocycles. The minimum Gasteiger partial charge on any atom is -0.369 e. The van der Waals surface area contributed by atoms with Gasteiger partial charge in [0.05, 0.1) is 12.7 Å². The normalized spacial score (nSPS) is 13.8. The zero-order valence-corrected chi connectivity index (χ0v) is 17.9. The highest BCUT2D eigenvalue weighted by atomic mass is 16.2. The number of aromatic amines is 1. The fourth-order valence-corrected chi connectivity index (χ4v) is 3.68. The molecule has 0 bridgehead atoms. The number of carbonyl (C=O) groups is 1. The van der Waals surface area contributed by atoms with Crippen LogP contribution in [0.3, 0.4) is 0 Å². The third kappa shape index (κ3) is 5.81. The largest absolute Gasteiger partial charge is 0.369 e. The van der Waals surface area contributed by atoms with Crippen molar-refractivity contribution in [1.29, 1.82) is 0 Å². The Labute approximate surface area is 182 Å². The number of likely N-dealkylation sites (tertiary alicyclic amines) is 1. The molecule has 0 radical (unpaired) electrons. The molecule has 4 rings (SSSR count). The van der Waals surface area contributed by atoms with Gasteiger partial charge in [-0.25, -0.2) is 9.97 Å². The minimum atomic E-state index is 0.216. The first-order valence-electron chi connectivity index (χ1n) is 10.9. The molecule has 0 aliphatic carbocycles. The zero-order valence-electron chi connectivity index (χ0n) is 17.9. The van der Waals surface area contributed by atoms with E-state index < -0.39 is 0 Å². The zero-order chi connectivity index (χ0) is 21.5. The maximum absolute atomic E-state index is 12.5. The molecule has 1 aliphatic rings. The van der Waals surface area contributed by atoms with E-state index in [1.807, 2.05) is 42.3 Å². The van der Waals surface area contributed by atoms with Crippen molar-refractivity contribution >= 4 is 23.4 Å². The number of piperidine rings is 1. The van der Waals surface area contributed by atoms with Gasteiger partial charge in [-0.2, -0.15) is 4.98 Å². The number of nitrogens with one attached hydrogen (secondary N) is 3. The van der Waals surface area contributed by atoms with Crippen molar-refractivity contribution in [3.05, 3.63) is 59.8 Å². The lowest BCUT2D eigenvalue weighted by molar-refractivity contribution is -0.131. The number of aromatic nitrogens is 4. The van der Waals surface area contributed by atoms with E-state index >= 15 is 0 Å². The lowest BCUT2D eigenvalue weighted by Crippen LogP contribution is -2.36. The number of benzene rings is 1. The Bertz CT molecular complexity index is 980. The number of anilines is 3. The van der Waals surface area contributed by atoms with Crippen LogP contribution in [0, 0.1) is 6.92 Å². The van der Waals surface area contributed by atoms with Crippen LogP contribution in [0.15, 0.2) is 43.0 Å². The van der Waals surface area contributed by atoms with Gasteiger partial charge in [0.1, 0.15) is 5.82 Å². The summed E-state index contributed by atoms with van der Waals surface area (Å²) in [5.74, 6) is 1.56. The summed E-state index contributed by atoms with van der Waals surface area (Å²) in [6, 6.07) is 7.91. The smallest absolute Gasteiger partial charge is 0.229 e. The number of imidazole rings is 1. The van der Waals surface area contributed by atoms with Gasteiger partial charge in [0.2, 0.25) is 11.9 Å². The standard InChI is InChI=1S/C23H29N7O/c1-17-14-26-23(29-22(17)25-10-9-20-15-24-16-27-20)28-19-7-5-18(6-8-19)13-21(31)30-11-3-2-4-12-30/h5-8,14-16H,2-4,9-13H2,1H3,(H,24,27)(H2,25,26,28,29). The average Bonchev–Trinajstić information content (AvgIpc) is 3.31. The molecule has 3 N–H and O–H groups in total. The van der Waals surface area contributed by atoms with Gasteiger partial charge in [-0.3, -0.25) is 4.79 Å². The molecule has 0 atom stereocenters. The number of hydrogen-bond acceptors (Lipinski definition) is 6. The Kier molecular flexibility index (Phi) is 6.76. The van der Waals surface area contributed by atoms with Crippen LogP contribution in [0.5, 0.6) is 0 Å². The molecule has 0 spiro atoms. The molecule has 3 heterocycles. The molecule has 3 aromatic rings. The molecule has 2 aromatic heterocycles. The second-order valence-electron chi connectivity index (χ2n) is 7.92. The highest BCUT2D eigenvalue weighted by Crippen LogP contribution is 2.18. The molecule has 0 unspecified atom stereocenters. The van der Waals surface area contributed by atoms with Gasteiger partial charge in [0.15, 0.2) is 0 Å². The van der Waals surface area contributed by atoms with E-state index in [0.29, 0.717) is 12.4 Å². The predicted molar refractivity (Wildman–Crippen MR) is 121 cm³/mol. The lowest BCUT2D eigenvalue weighted by atomic mass is 10.1. The molecular weight excluding hydrogens is 390 g/mol. The second-order valence-corrected chi connectivity index (χ2v) is 7.92. The maximum atomic E-state index is 12.5. The monoisotopic (exact) mass is 419 g/mol. The van der Waals surface area contributed by atoms with Gasteiger partial charge in [0.25, 0.3) is 0 Å².